The average molecular weight is 632 g/mol. The summed E-state index contributed by atoms with van der Waals surface area (Å²) in [6.07, 6.45) is 4.56. The van der Waals surface area contributed by atoms with Crippen molar-refractivity contribution in [3.63, 3.8) is 0 Å². The third kappa shape index (κ3) is 3.76. The number of ether oxygens (including phenoxy) is 1. The van der Waals surface area contributed by atoms with Gasteiger partial charge < -0.3 is 4.74 Å². The van der Waals surface area contributed by atoms with Crippen LogP contribution in [0.5, 0.6) is 5.75 Å². The lowest BCUT2D eigenvalue weighted by Gasteiger charge is -2.14. The molecule has 0 N–H and O–H groups in total. The molecule has 0 fully saturated rings. The summed E-state index contributed by atoms with van der Waals surface area (Å²) in [6.45, 7) is 0.691. The Bertz CT molecular complexity index is 2890. The normalized spacial score (nSPS) is 12.9. The van der Waals surface area contributed by atoms with E-state index in [0.29, 0.717) is 12.6 Å². The van der Waals surface area contributed by atoms with Crippen LogP contribution in [0.2, 0.25) is 0 Å². The Morgan fingerprint density at radius 3 is 2.04 bits per heavy atom. The van der Waals surface area contributed by atoms with Crippen LogP contribution < -0.4 is 4.74 Å². The number of hydrogen-bond acceptors (Lipinski definition) is 6. The minimum atomic E-state index is 0.534. The zero-order chi connectivity index (χ0) is 32.1. The number of nitrogens with zero attached hydrogens (tertiary/aromatic N) is 7. The molecule has 0 saturated heterocycles. The van der Waals surface area contributed by atoms with Crippen molar-refractivity contribution in [2.24, 2.45) is 0 Å². The molecule has 1 aliphatic rings. The van der Waals surface area contributed by atoms with Gasteiger partial charge in [-0.05, 0) is 66.2 Å². The Balaban J connectivity index is 1.25. The molecule has 0 atom stereocenters. The van der Waals surface area contributed by atoms with E-state index < -0.39 is 0 Å². The smallest absolute Gasteiger partial charge is 0.237 e. The van der Waals surface area contributed by atoms with Crippen LogP contribution in [0.1, 0.15) is 5.56 Å². The predicted octanol–water partition coefficient (Wildman–Crippen LogP) is 8.76. The Morgan fingerprint density at radius 2 is 1.24 bits per heavy atom. The van der Waals surface area contributed by atoms with E-state index >= 15 is 0 Å². The summed E-state index contributed by atoms with van der Waals surface area (Å²) in [4.78, 5) is 25.7. The van der Waals surface area contributed by atoms with Crippen molar-refractivity contribution in [1.29, 1.82) is 0 Å². The SMILES string of the molecule is c1ccc2c(c1)c1cccnc1n2-c1ccc2ccc3c(-c4ccc5c(c4)OCC5)nc(-n4c5ccccc5c5cccnc54)nc3c2n1. The van der Waals surface area contributed by atoms with Gasteiger partial charge in [0.1, 0.15) is 28.4 Å². The van der Waals surface area contributed by atoms with Gasteiger partial charge in [0, 0.05) is 56.7 Å². The molecule has 0 bridgehead atoms. The van der Waals surface area contributed by atoms with Gasteiger partial charge in [-0.2, -0.15) is 0 Å². The molecule has 0 aliphatic carbocycles. The summed E-state index contributed by atoms with van der Waals surface area (Å²) in [5.74, 6) is 2.22. The average Bonchev–Trinajstić information content (AvgIpc) is 3.86. The van der Waals surface area contributed by atoms with Gasteiger partial charge in [-0.3, -0.25) is 9.13 Å². The lowest BCUT2D eigenvalue weighted by molar-refractivity contribution is 0.357. The minimum Gasteiger partial charge on any atom is -0.493 e. The molecule has 10 aromatic rings. The number of hydrogen-bond donors (Lipinski definition) is 0. The van der Waals surface area contributed by atoms with E-state index in [9.17, 15) is 0 Å². The van der Waals surface area contributed by atoms with Crippen molar-refractivity contribution in [1.82, 2.24) is 34.1 Å². The number of para-hydroxylation sites is 2. The van der Waals surface area contributed by atoms with Crippen LogP contribution in [0.4, 0.5) is 0 Å². The van der Waals surface area contributed by atoms with Crippen LogP contribution in [-0.4, -0.2) is 40.7 Å². The highest BCUT2D eigenvalue weighted by Gasteiger charge is 2.22. The highest BCUT2D eigenvalue weighted by molar-refractivity contribution is 6.11. The van der Waals surface area contributed by atoms with Crippen molar-refractivity contribution in [2.75, 3.05) is 6.61 Å². The van der Waals surface area contributed by atoms with Gasteiger partial charge in [0.2, 0.25) is 5.95 Å². The van der Waals surface area contributed by atoms with Crippen molar-refractivity contribution in [3.05, 3.63) is 133 Å². The molecule has 0 amide bonds. The maximum absolute atomic E-state index is 6.01. The van der Waals surface area contributed by atoms with Gasteiger partial charge in [0.05, 0.1) is 28.9 Å². The van der Waals surface area contributed by atoms with E-state index in [0.717, 1.165) is 94.9 Å². The molecule has 8 nitrogen and oxygen atoms in total. The monoisotopic (exact) mass is 631 g/mol. The largest absolute Gasteiger partial charge is 0.493 e. The van der Waals surface area contributed by atoms with Crippen LogP contribution in [0.15, 0.2) is 128 Å². The standard InChI is InChI=1S/C41H25N7O/c1-3-11-32-27(7-1)29-9-5-20-42-39(29)47(32)35-18-16-25-15-17-31-36(26-14-13-24-19-22-49-34(24)23-26)45-41(46-38(31)37(25)44-35)48-33-12-4-2-8-28(33)30-10-6-21-43-40(30)48/h1-18,20-21,23H,19,22H2. The first-order valence-corrected chi connectivity index (χ1v) is 16.4. The molecule has 0 saturated carbocycles. The number of pyridine rings is 3. The van der Waals surface area contributed by atoms with E-state index in [-0.39, 0.29) is 0 Å². The van der Waals surface area contributed by atoms with Crippen molar-refractivity contribution >= 4 is 65.7 Å². The van der Waals surface area contributed by atoms with Gasteiger partial charge in [0.25, 0.3) is 0 Å². The fourth-order valence-corrected chi connectivity index (χ4v) is 7.54. The Labute approximate surface area is 278 Å². The Morgan fingerprint density at radius 1 is 0.551 bits per heavy atom. The Hall–Kier alpha value is -6.67. The molecule has 1 aliphatic heterocycles. The molecule has 4 aromatic carbocycles. The van der Waals surface area contributed by atoms with E-state index in [1.54, 1.807) is 0 Å². The van der Waals surface area contributed by atoms with Crippen molar-refractivity contribution < 1.29 is 4.74 Å². The fraction of sp³-hybridized carbons (Fsp3) is 0.0488. The molecule has 7 heterocycles. The number of rotatable bonds is 3. The highest BCUT2D eigenvalue weighted by Crippen LogP contribution is 2.38. The van der Waals surface area contributed by atoms with Crippen LogP contribution in [0.25, 0.3) is 88.7 Å². The summed E-state index contributed by atoms with van der Waals surface area (Å²) < 4.78 is 10.2. The number of aromatic nitrogens is 7. The fourth-order valence-electron chi connectivity index (χ4n) is 7.54. The molecular weight excluding hydrogens is 606 g/mol. The van der Waals surface area contributed by atoms with E-state index in [1.165, 1.54) is 5.56 Å². The molecule has 230 valence electrons. The second-order valence-corrected chi connectivity index (χ2v) is 12.5. The van der Waals surface area contributed by atoms with Gasteiger partial charge in [-0.1, -0.05) is 54.6 Å². The third-order valence-corrected chi connectivity index (χ3v) is 9.77. The van der Waals surface area contributed by atoms with E-state index in [1.807, 2.05) is 30.6 Å². The van der Waals surface area contributed by atoms with Crippen LogP contribution in [0, 0.1) is 0 Å². The van der Waals surface area contributed by atoms with Crippen LogP contribution in [0.3, 0.4) is 0 Å². The second-order valence-electron chi connectivity index (χ2n) is 12.5. The van der Waals surface area contributed by atoms with Crippen molar-refractivity contribution in [2.45, 2.75) is 6.42 Å². The van der Waals surface area contributed by atoms with Crippen LogP contribution in [-0.2, 0) is 6.42 Å². The molecular formula is C41H25N7O. The van der Waals surface area contributed by atoms with Gasteiger partial charge >= 0.3 is 0 Å². The topological polar surface area (TPSA) is 83.5 Å². The molecule has 0 radical (unpaired) electrons. The summed E-state index contributed by atoms with van der Waals surface area (Å²) in [5, 5.41) is 6.26. The van der Waals surface area contributed by atoms with Gasteiger partial charge in [-0.15, -0.1) is 0 Å². The number of fused-ring (bicyclic) bond motifs is 10. The second kappa shape index (κ2) is 9.92. The quantitative estimate of drug-likeness (QED) is 0.181. The molecule has 49 heavy (non-hydrogen) atoms. The van der Waals surface area contributed by atoms with Gasteiger partial charge in [-0.25, -0.2) is 24.9 Å². The summed E-state index contributed by atoms with van der Waals surface area (Å²) in [6, 6.07) is 39.7. The zero-order valence-corrected chi connectivity index (χ0v) is 26.1. The summed E-state index contributed by atoms with van der Waals surface area (Å²) in [5.41, 5.74) is 8.24. The third-order valence-electron chi connectivity index (χ3n) is 9.77. The molecule has 11 rings (SSSR count). The first-order chi connectivity index (χ1) is 24.3. The maximum atomic E-state index is 6.01. The molecule has 8 heteroatoms. The maximum Gasteiger partial charge on any atom is 0.237 e. The highest BCUT2D eigenvalue weighted by atomic mass is 16.5. The zero-order valence-electron chi connectivity index (χ0n) is 26.1. The predicted molar refractivity (Wildman–Crippen MR) is 194 cm³/mol. The Kier molecular flexibility index (Phi) is 5.34. The molecule has 0 spiro atoms. The van der Waals surface area contributed by atoms with Crippen LogP contribution >= 0.6 is 0 Å². The first-order valence-electron chi connectivity index (χ1n) is 16.4. The number of benzene rings is 4. The molecule has 0 unspecified atom stereocenters. The first kappa shape index (κ1) is 26.4. The van der Waals surface area contributed by atoms with Crippen molar-refractivity contribution in [3.8, 4) is 28.8 Å². The summed E-state index contributed by atoms with van der Waals surface area (Å²) >= 11 is 0. The summed E-state index contributed by atoms with van der Waals surface area (Å²) in [7, 11) is 0. The minimum absolute atomic E-state index is 0.534. The van der Waals surface area contributed by atoms with E-state index in [4.69, 9.17) is 29.7 Å². The van der Waals surface area contributed by atoms with E-state index in [2.05, 4.69) is 106 Å². The molecule has 6 aromatic heterocycles. The lowest BCUT2D eigenvalue weighted by atomic mass is 10.0. The van der Waals surface area contributed by atoms with Gasteiger partial charge in [0.15, 0.2) is 0 Å². The lowest BCUT2D eigenvalue weighted by Crippen LogP contribution is -2.05.